The van der Waals surface area contributed by atoms with Crippen molar-refractivity contribution in [3.8, 4) is 0 Å². The minimum absolute atomic E-state index is 0.00212. The highest BCUT2D eigenvalue weighted by molar-refractivity contribution is 5.70. The van der Waals surface area contributed by atoms with E-state index >= 15 is 0 Å². The number of aromatic amines is 1. The van der Waals surface area contributed by atoms with Crippen LogP contribution in [-0.2, 0) is 4.74 Å². The summed E-state index contributed by atoms with van der Waals surface area (Å²) in [5.74, 6) is -0.167. The van der Waals surface area contributed by atoms with Gasteiger partial charge in [0.15, 0.2) is 17.4 Å². The predicted octanol–water partition coefficient (Wildman–Crippen LogP) is -2.69. The summed E-state index contributed by atoms with van der Waals surface area (Å²) in [5.41, 5.74) is 4.82. The van der Waals surface area contributed by atoms with Crippen molar-refractivity contribution in [3.63, 3.8) is 0 Å². The molecule has 10 heteroatoms. The lowest BCUT2D eigenvalue weighted by molar-refractivity contribution is -0.0511. The van der Waals surface area contributed by atoms with Crippen LogP contribution in [-0.4, -0.2) is 59.7 Å². The van der Waals surface area contributed by atoms with E-state index in [0.29, 0.717) is 0 Å². The summed E-state index contributed by atoms with van der Waals surface area (Å²) in [5, 5.41) is 29.0. The monoisotopic (exact) mass is 284 g/mol. The number of aliphatic hydroxyl groups is 3. The first-order valence-electron chi connectivity index (χ1n) is 6.25. The molecular formula is C10H13N5O5. The fourth-order valence-electron chi connectivity index (χ4n) is 2.11. The maximum Gasteiger partial charge on any atom is 0.280 e. The molecule has 0 radical (unpaired) electrons. The number of nitrogens with zero attached hydrogens (tertiary/aromatic N) is 3. The number of nitrogen functional groups attached to an aromatic ring is 1. The number of nitrogens with one attached hydrogen (secondary N) is 1. The Kier molecular flexibility index (Phi) is 2.67. The molecule has 1 saturated heterocycles. The van der Waals surface area contributed by atoms with Gasteiger partial charge >= 0.3 is 0 Å². The third-order valence-electron chi connectivity index (χ3n) is 3.10. The first-order chi connectivity index (χ1) is 9.86. The van der Waals surface area contributed by atoms with Gasteiger partial charge in [-0.05, 0) is 0 Å². The quantitative estimate of drug-likeness (QED) is 0.398. The Balaban J connectivity index is 2.15. The van der Waals surface area contributed by atoms with Crippen LogP contribution >= 0.6 is 0 Å². The number of anilines is 1. The molecule has 108 valence electrons. The molecule has 1 aliphatic rings. The number of ether oxygens (including phenoxy) is 1. The van der Waals surface area contributed by atoms with Crippen LogP contribution in [0.3, 0.4) is 0 Å². The highest BCUT2D eigenvalue weighted by Gasteiger charge is 2.44. The number of hydrogen-bond acceptors (Lipinski definition) is 8. The molecule has 0 aliphatic carbocycles. The van der Waals surface area contributed by atoms with Gasteiger partial charge in [0.1, 0.15) is 18.3 Å². The summed E-state index contributed by atoms with van der Waals surface area (Å²) in [7, 11) is 0. The van der Waals surface area contributed by atoms with Crippen molar-refractivity contribution >= 4 is 17.1 Å². The predicted molar refractivity (Wildman–Crippen MR) is 65.6 cm³/mol. The van der Waals surface area contributed by atoms with Gasteiger partial charge in [-0.25, -0.2) is 4.98 Å². The molecule has 4 atom stereocenters. The number of aliphatic hydroxyl groups excluding tert-OH is 2. The van der Waals surface area contributed by atoms with Crippen molar-refractivity contribution in [1.29, 1.82) is 0 Å². The second kappa shape index (κ2) is 4.52. The molecule has 0 aromatic carbocycles. The topological polar surface area (TPSA) is 160 Å². The van der Waals surface area contributed by atoms with E-state index in [1.165, 1.54) is 0 Å². The van der Waals surface area contributed by atoms with Gasteiger partial charge in [0, 0.05) is 0 Å². The third kappa shape index (κ3) is 1.78. The highest BCUT2D eigenvalue weighted by atomic mass is 16.6. The molecule has 3 heterocycles. The normalized spacial score (nSPS) is 34.5. The van der Waals surface area contributed by atoms with Crippen molar-refractivity contribution in [2.24, 2.45) is 0 Å². The Bertz CT molecular complexity index is 743. The molecular weight excluding hydrogens is 270 g/mol. The summed E-state index contributed by atoms with van der Waals surface area (Å²) in [6.07, 6.45) is -5.48. The number of rotatable bonds is 2. The van der Waals surface area contributed by atoms with Crippen molar-refractivity contribution in [1.82, 2.24) is 19.5 Å². The lowest BCUT2D eigenvalue weighted by Crippen LogP contribution is -2.33. The van der Waals surface area contributed by atoms with Crippen LogP contribution < -0.4 is 11.3 Å². The Morgan fingerprint density at radius 1 is 1.60 bits per heavy atom. The van der Waals surface area contributed by atoms with Crippen LogP contribution in [0, 0.1) is 0 Å². The van der Waals surface area contributed by atoms with Crippen LogP contribution in [0.1, 0.15) is 7.60 Å². The van der Waals surface area contributed by atoms with Gasteiger partial charge in [0.25, 0.3) is 5.56 Å². The average molecular weight is 284 g/mol. The summed E-state index contributed by atoms with van der Waals surface area (Å²) >= 11 is 0. The van der Waals surface area contributed by atoms with Gasteiger partial charge in [0.05, 0.1) is 14.3 Å². The molecule has 6 N–H and O–H groups in total. The van der Waals surface area contributed by atoms with E-state index in [-0.39, 0.29) is 17.1 Å². The molecule has 1 fully saturated rings. The number of hydrogen-bond donors (Lipinski definition) is 5. The fraction of sp³-hybridized carbons (Fsp3) is 0.500. The van der Waals surface area contributed by atoms with E-state index in [1.54, 1.807) is 0 Å². The van der Waals surface area contributed by atoms with Crippen molar-refractivity contribution in [2.45, 2.75) is 24.5 Å². The molecule has 2 aromatic heterocycles. The summed E-state index contributed by atoms with van der Waals surface area (Å²) in [4.78, 5) is 21.7. The van der Waals surface area contributed by atoms with Crippen molar-refractivity contribution < 1.29 is 21.4 Å². The Hall–Kier alpha value is -2.01. The first-order valence-corrected chi connectivity index (χ1v) is 5.75. The lowest BCUT2D eigenvalue weighted by atomic mass is 10.1. The molecule has 0 bridgehead atoms. The minimum atomic E-state index is -2.44. The zero-order valence-corrected chi connectivity index (χ0v) is 10.1. The summed E-state index contributed by atoms with van der Waals surface area (Å²) in [6, 6.07) is 0. The van der Waals surface area contributed by atoms with Crippen LogP contribution in [0.4, 0.5) is 5.95 Å². The van der Waals surface area contributed by atoms with E-state index in [4.69, 9.17) is 16.9 Å². The van der Waals surface area contributed by atoms with Gasteiger partial charge < -0.3 is 25.8 Å². The van der Waals surface area contributed by atoms with E-state index in [0.717, 1.165) is 10.9 Å². The molecule has 0 spiro atoms. The van der Waals surface area contributed by atoms with Gasteiger partial charge in [-0.1, -0.05) is 0 Å². The first kappa shape index (κ1) is 11.8. The standard InChI is InChI=1S/C10H13N5O5/c11-10-13-7-4(8(19)14-10)12-2-15(7)9-6(18)5(17)3(1-16)20-9/h2-3,5-6,9,16-18H,1H2,(H3,11,13,14,19)/t3-,5-,6-,9-/m1/s1/i6D. The average Bonchev–Trinajstić information content (AvgIpc) is 2.91. The van der Waals surface area contributed by atoms with Crippen molar-refractivity contribution in [2.75, 3.05) is 12.3 Å². The zero-order chi connectivity index (χ0) is 15.4. The molecule has 10 nitrogen and oxygen atoms in total. The van der Waals surface area contributed by atoms with E-state index in [2.05, 4.69) is 15.0 Å². The molecule has 2 aromatic rings. The minimum Gasteiger partial charge on any atom is -0.394 e. The van der Waals surface area contributed by atoms with Crippen LogP contribution in [0.5, 0.6) is 0 Å². The van der Waals surface area contributed by atoms with Crippen LogP contribution in [0.25, 0.3) is 11.2 Å². The largest absolute Gasteiger partial charge is 0.394 e. The number of aromatic nitrogens is 4. The van der Waals surface area contributed by atoms with E-state index in [9.17, 15) is 15.0 Å². The van der Waals surface area contributed by atoms with Gasteiger partial charge in [-0.2, -0.15) is 4.98 Å². The SMILES string of the molecule is [2H][C@@]1(O)[C@H](O)[C@@H](CO)O[C@H]1n1cnc2c(=O)[nH]c(N)nc21. The number of nitrogens with two attached hydrogens (primary N) is 1. The maximum absolute atomic E-state index is 11.7. The smallest absolute Gasteiger partial charge is 0.280 e. The van der Waals surface area contributed by atoms with E-state index in [1.807, 2.05) is 0 Å². The molecule has 0 unspecified atom stereocenters. The highest BCUT2D eigenvalue weighted by Crippen LogP contribution is 2.30. The lowest BCUT2D eigenvalue weighted by Gasteiger charge is -2.16. The van der Waals surface area contributed by atoms with Gasteiger partial charge in [-0.15, -0.1) is 0 Å². The zero-order valence-electron chi connectivity index (χ0n) is 11.1. The number of H-pyrrole nitrogens is 1. The Labute approximate surface area is 112 Å². The van der Waals surface area contributed by atoms with Crippen LogP contribution in [0.15, 0.2) is 11.1 Å². The molecule has 20 heavy (non-hydrogen) atoms. The Morgan fingerprint density at radius 3 is 3.00 bits per heavy atom. The van der Waals surface area contributed by atoms with E-state index < -0.39 is 36.7 Å². The maximum atomic E-state index is 11.7. The third-order valence-corrected chi connectivity index (χ3v) is 3.10. The Morgan fingerprint density at radius 2 is 2.35 bits per heavy atom. The second-order valence-corrected chi connectivity index (χ2v) is 4.35. The fourth-order valence-corrected chi connectivity index (χ4v) is 2.11. The van der Waals surface area contributed by atoms with Crippen molar-refractivity contribution in [3.05, 3.63) is 16.7 Å². The molecule has 0 saturated carbocycles. The second-order valence-electron chi connectivity index (χ2n) is 4.35. The molecule has 0 amide bonds. The number of imidazole rings is 1. The summed E-state index contributed by atoms with van der Waals surface area (Å²) < 4.78 is 14.2. The molecule has 1 aliphatic heterocycles. The molecule has 3 rings (SSSR count). The number of fused-ring (bicyclic) bond motifs is 1. The van der Waals surface area contributed by atoms with Gasteiger partial charge in [-0.3, -0.25) is 14.3 Å². The summed E-state index contributed by atoms with van der Waals surface area (Å²) in [6.45, 7) is -0.582. The van der Waals surface area contributed by atoms with Gasteiger partial charge in [0.2, 0.25) is 5.95 Å². The van der Waals surface area contributed by atoms with Crippen LogP contribution in [0.2, 0.25) is 0 Å².